The number of anilines is 1. The molecule has 0 aliphatic carbocycles. The predicted molar refractivity (Wildman–Crippen MR) is 123 cm³/mol. The van der Waals surface area contributed by atoms with E-state index in [2.05, 4.69) is 21.2 Å². The molecule has 31 heavy (non-hydrogen) atoms. The minimum Gasteiger partial charge on any atom is -0.497 e. The largest absolute Gasteiger partial charge is 0.497 e. The standard InChI is InChI=1S/C21H26BrN3O5S/c1-15(21(27)23-2)24(13-16-8-10-19(30-3)11-9-16)20(26)14-25(31(4,28)29)18-7-5-6-17(22)12-18/h5-12,15H,13-14H2,1-4H3,(H,23,27)/t15-/m0/s1. The second-order valence-corrected chi connectivity index (χ2v) is 9.73. The SMILES string of the molecule is CNC(=O)[C@H](C)N(Cc1ccc(OC)cc1)C(=O)CN(c1cccc(Br)c1)S(C)(=O)=O. The third-order valence-electron chi connectivity index (χ3n) is 4.70. The summed E-state index contributed by atoms with van der Waals surface area (Å²) in [5.74, 6) is -0.188. The first-order chi connectivity index (χ1) is 14.6. The third-order valence-corrected chi connectivity index (χ3v) is 6.33. The first kappa shape index (κ1) is 24.7. The molecule has 0 aliphatic rings. The van der Waals surface area contributed by atoms with Gasteiger partial charge in [-0.05, 0) is 42.8 Å². The van der Waals surface area contributed by atoms with Gasteiger partial charge in [-0.2, -0.15) is 0 Å². The number of rotatable bonds is 9. The minimum atomic E-state index is -3.75. The highest BCUT2D eigenvalue weighted by Crippen LogP contribution is 2.23. The smallest absolute Gasteiger partial charge is 0.244 e. The fraction of sp³-hybridized carbons (Fsp3) is 0.333. The van der Waals surface area contributed by atoms with Crippen LogP contribution < -0.4 is 14.4 Å². The molecule has 0 heterocycles. The summed E-state index contributed by atoms with van der Waals surface area (Å²) in [6.45, 7) is 1.30. The molecule has 2 rings (SSSR count). The number of nitrogens with zero attached hydrogens (tertiary/aromatic N) is 2. The highest BCUT2D eigenvalue weighted by Gasteiger charge is 2.29. The van der Waals surface area contributed by atoms with E-state index in [0.29, 0.717) is 15.9 Å². The zero-order valence-corrected chi connectivity index (χ0v) is 20.2. The van der Waals surface area contributed by atoms with Crippen molar-refractivity contribution in [1.82, 2.24) is 10.2 Å². The van der Waals surface area contributed by atoms with E-state index < -0.39 is 28.5 Å². The summed E-state index contributed by atoms with van der Waals surface area (Å²) in [5, 5.41) is 2.54. The van der Waals surface area contributed by atoms with Gasteiger partial charge in [-0.25, -0.2) is 8.42 Å². The molecule has 0 saturated carbocycles. The van der Waals surface area contributed by atoms with Crippen LogP contribution in [0.3, 0.4) is 0 Å². The molecule has 0 aliphatic heterocycles. The lowest BCUT2D eigenvalue weighted by Gasteiger charge is -2.31. The number of hydrogen-bond donors (Lipinski definition) is 1. The summed E-state index contributed by atoms with van der Waals surface area (Å²) >= 11 is 3.32. The lowest BCUT2D eigenvalue weighted by molar-refractivity contribution is -0.139. The highest BCUT2D eigenvalue weighted by molar-refractivity contribution is 9.10. The van der Waals surface area contributed by atoms with Crippen molar-refractivity contribution < 1.29 is 22.7 Å². The number of carbonyl (C=O) groups excluding carboxylic acids is 2. The first-order valence-corrected chi connectivity index (χ1v) is 12.1. The minimum absolute atomic E-state index is 0.132. The maximum Gasteiger partial charge on any atom is 0.244 e. The second kappa shape index (κ2) is 10.6. The number of benzene rings is 2. The van der Waals surface area contributed by atoms with Crippen molar-refractivity contribution in [2.45, 2.75) is 19.5 Å². The van der Waals surface area contributed by atoms with E-state index in [1.54, 1.807) is 62.6 Å². The van der Waals surface area contributed by atoms with E-state index in [4.69, 9.17) is 4.74 Å². The van der Waals surface area contributed by atoms with Crippen molar-refractivity contribution in [2.75, 3.05) is 31.3 Å². The Kier molecular flexibility index (Phi) is 8.46. The summed E-state index contributed by atoms with van der Waals surface area (Å²) in [7, 11) is -0.708. The van der Waals surface area contributed by atoms with Gasteiger partial charge in [-0.15, -0.1) is 0 Å². The monoisotopic (exact) mass is 511 g/mol. The average Bonchev–Trinajstić information content (AvgIpc) is 2.74. The van der Waals surface area contributed by atoms with Crippen LogP contribution in [0.5, 0.6) is 5.75 Å². The Morgan fingerprint density at radius 2 is 1.81 bits per heavy atom. The molecule has 1 N–H and O–H groups in total. The molecule has 8 nitrogen and oxygen atoms in total. The fourth-order valence-electron chi connectivity index (χ4n) is 2.96. The summed E-state index contributed by atoms with van der Waals surface area (Å²) < 4.78 is 31.7. The molecule has 0 aromatic heterocycles. The third kappa shape index (κ3) is 6.70. The Balaban J connectivity index is 2.36. The van der Waals surface area contributed by atoms with Gasteiger partial charge in [0.15, 0.2) is 0 Å². The first-order valence-electron chi connectivity index (χ1n) is 9.44. The van der Waals surface area contributed by atoms with Crippen molar-refractivity contribution in [2.24, 2.45) is 0 Å². The van der Waals surface area contributed by atoms with Gasteiger partial charge < -0.3 is 15.0 Å². The Hall–Kier alpha value is -2.59. The Bertz CT molecular complexity index is 1030. The van der Waals surface area contributed by atoms with E-state index in [1.807, 2.05) is 0 Å². The Morgan fingerprint density at radius 3 is 2.32 bits per heavy atom. The number of halogens is 1. The number of sulfonamides is 1. The van der Waals surface area contributed by atoms with Crippen molar-refractivity contribution in [1.29, 1.82) is 0 Å². The van der Waals surface area contributed by atoms with Crippen molar-refractivity contribution in [3.8, 4) is 5.75 Å². The van der Waals surface area contributed by atoms with Gasteiger partial charge in [0.2, 0.25) is 21.8 Å². The number of hydrogen-bond acceptors (Lipinski definition) is 5. The van der Waals surface area contributed by atoms with Crippen LogP contribution in [0.15, 0.2) is 53.0 Å². The number of amides is 2. The summed E-state index contributed by atoms with van der Waals surface area (Å²) in [5.41, 5.74) is 1.13. The van der Waals surface area contributed by atoms with Crippen molar-refractivity contribution >= 4 is 43.5 Å². The number of carbonyl (C=O) groups is 2. The average molecular weight is 512 g/mol. The molecule has 0 unspecified atom stereocenters. The van der Waals surface area contributed by atoms with Crippen LogP contribution >= 0.6 is 15.9 Å². The van der Waals surface area contributed by atoms with Gasteiger partial charge in [0.05, 0.1) is 19.1 Å². The Morgan fingerprint density at radius 1 is 1.16 bits per heavy atom. The van der Waals surface area contributed by atoms with E-state index in [-0.39, 0.29) is 12.5 Å². The summed E-state index contributed by atoms with van der Waals surface area (Å²) in [4.78, 5) is 26.9. The van der Waals surface area contributed by atoms with E-state index in [1.165, 1.54) is 11.9 Å². The number of likely N-dealkylation sites (N-methyl/N-ethyl adjacent to an activating group) is 1. The lowest BCUT2D eigenvalue weighted by atomic mass is 10.1. The molecule has 2 amide bonds. The highest BCUT2D eigenvalue weighted by atomic mass is 79.9. The normalized spacial score (nSPS) is 12.0. The molecule has 0 spiro atoms. The number of methoxy groups -OCH3 is 1. The quantitative estimate of drug-likeness (QED) is 0.557. The Labute approximate surface area is 191 Å². The molecular weight excluding hydrogens is 486 g/mol. The molecule has 0 fully saturated rings. The molecule has 168 valence electrons. The van der Waals surface area contributed by atoms with Crippen LogP contribution in [-0.4, -0.2) is 58.1 Å². The van der Waals surface area contributed by atoms with E-state index in [9.17, 15) is 18.0 Å². The fourth-order valence-corrected chi connectivity index (χ4v) is 4.19. The van der Waals surface area contributed by atoms with Gasteiger partial charge in [-0.3, -0.25) is 13.9 Å². The van der Waals surface area contributed by atoms with Crippen LogP contribution in [-0.2, 0) is 26.2 Å². The molecule has 0 saturated heterocycles. The topological polar surface area (TPSA) is 96.0 Å². The van der Waals surface area contributed by atoms with Gasteiger partial charge in [0, 0.05) is 18.1 Å². The molecule has 0 bridgehead atoms. The van der Waals surface area contributed by atoms with Crippen LogP contribution in [0.1, 0.15) is 12.5 Å². The number of nitrogens with one attached hydrogen (secondary N) is 1. The molecule has 1 atom stereocenters. The molecule has 0 radical (unpaired) electrons. The van der Waals surface area contributed by atoms with Gasteiger partial charge in [-0.1, -0.05) is 34.1 Å². The zero-order chi connectivity index (χ0) is 23.2. The molecule has 2 aromatic carbocycles. The molecule has 2 aromatic rings. The maximum atomic E-state index is 13.3. The van der Waals surface area contributed by atoms with Crippen molar-refractivity contribution in [3.63, 3.8) is 0 Å². The zero-order valence-electron chi connectivity index (χ0n) is 17.8. The van der Waals surface area contributed by atoms with Crippen LogP contribution in [0, 0.1) is 0 Å². The van der Waals surface area contributed by atoms with Gasteiger partial charge in [0.1, 0.15) is 18.3 Å². The van der Waals surface area contributed by atoms with Crippen LogP contribution in [0.2, 0.25) is 0 Å². The second-order valence-electron chi connectivity index (χ2n) is 6.91. The van der Waals surface area contributed by atoms with Gasteiger partial charge >= 0.3 is 0 Å². The van der Waals surface area contributed by atoms with Crippen LogP contribution in [0.4, 0.5) is 5.69 Å². The maximum absolute atomic E-state index is 13.3. The summed E-state index contributed by atoms with van der Waals surface area (Å²) in [6, 6.07) is 13.0. The van der Waals surface area contributed by atoms with E-state index >= 15 is 0 Å². The predicted octanol–water partition coefficient (Wildman–Crippen LogP) is 2.39. The van der Waals surface area contributed by atoms with E-state index in [0.717, 1.165) is 16.1 Å². The van der Waals surface area contributed by atoms with Gasteiger partial charge in [0.25, 0.3) is 0 Å². The lowest BCUT2D eigenvalue weighted by Crippen LogP contribution is -2.50. The molecule has 10 heteroatoms. The summed E-state index contributed by atoms with van der Waals surface area (Å²) in [6.07, 6.45) is 1.04. The van der Waals surface area contributed by atoms with Crippen LogP contribution in [0.25, 0.3) is 0 Å². The number of ether oxygens (including phenoxy) is 1. The molecular formula is C21H26BrN3O5S. The van der Waals surface area contributed by atoms with Crippen molar-refractivity contribution in [3.05, 3.63) is 58.6 Å².